The summed E-state index contributed by atoms with van der Waals surface area (Å²) in [6.07, 6.45) is 1.05. The predicted octanol–water partition coefficient (Wildman–Crippen LogP) is 2.56. The van der Waals surface area contributed by atoms with Crippen LogP contribution in [0, 0.1) is 0 Å². The topological polar surface area (TPSA) is 75.6 Å². The van der Waals surface area contributed by atoms with E-state index in [0.29, 0.717) is 11.4 Å². The molecule has 0 saturated heterocycles. The Morgan fingerprint density at radius 2 is 1.79 bits per heavy atom. The van der Waals surface area contributed by atoms with E-state index in [1.807, 2.05) is 6.07 Å². The molecule has 6 heteroatoms. The summed E-state index contributed by atoms with van der Waals surface area (Å²) in [7, 11) is -3.37. The van der Waals surface area contributed by atoms with Gasteiger partial charge in [0.05, 0.1) is 11.9 Å². The molecule has 2 rings (SSSR count). The van der Waals surface area contributed by atoms with E-state index in [0.717, 1.165) is 6.26 Å². The lowest BCUT2D eigenvalue weighted by Crippen LogP contribution is -2.09. The Balaban J connectivity index is 2.27. The smallest absolute Gasteiger partial charge is 0.229 e. The number of nitrogens with one attached hydrogen (secondary N) is 1. The molecule has 5 nitrogen and oxygen atoms in total. The van der Waals surface area contributed by atoms with Gasteiger partial charge in [-0.1, -0.05) is 18.2 Å². The molecule has 2 N–H and O–H groups in total. The van der Waals surface area contributed by atoms with Crippen molar-refractivity contribution in [3.8, 4) is 17.2 Å². The summed E-state index contributed by atoms with van der Waals surface area (Å²) in [6, 6.07) is 13.1. The molecule has 0 fully saturated rings. The van der Waals surface area contributed by atoms with Crippen molar-refractivity contribution >= 4 is 15.7 Å². The van der Waals surface area contributed by atoms with Gasteiger partial charge in [0, 0.05) is 6.07 Å². The van der Waals surface area contributed by atoms with Crippen LogP contribution >= 0.6 is 0 Å². The summed E-state index contributed by atoms with van der Waals surface area (Å²) in [5.74, 6) is 0.664. The van der Waals surface area contributed by atoms with E-state index in [1.54, 1.807) is 24.3 Å². The predicted molar refractivity (Wildman–Crippen MR) is 73.1 cm³/mol. The fraction of sp³-hybridized carbons (Fsp3) is 0.0769. The number of hydrogen-bond acceptors (Lipinski definition) is 4. The molecule has 2 aromatic carbocycles. The maximum absolute atomic E-state index is 11.1. The zero-order valence-corrected chi connectivity index (χ0v) is 11.0. The van der Waals surface area contributed by atoms with Gasteiger partial charge in [-0.2, -0.15) is 0 Å². The number of anilines is 1. The Kier molecular flexibility index (Phi) is 3.62. The fourth-order valence-corrected chi connectivity index (χ4v) is 2.04. The molecule has 0 bridgehead atoms. The van der Waals surface area contributed by atoms with Crippen LogP contribution < -0.4 is 9.46 Å². The molecule has 100 valence electrons. The minimum atomic E-state index is -3.37. The Hall–Kier alpha value is -2.21. The van der Waals surface area contributed by atoms with Crippen LogP contribution in [-0.4, -0.2) is 19.8 Å². The summed E-state index contributed by atoms with van der Waals surface area (Å²) in [5, 5.41) is 9.69. The highest BCUT2D eigenvalue weighted by atomic mass is 32.2. The molecule has 0 aliphatic carbocycles. The third-order valence-electron chi connectivity index (χ3n) is 2.23. The number of phenols is 1. The lowest BCUT2D eigenvalue weighted by molar-refractivity contribution is 0.411. The number of rotatable bonds is 4. The van der Waals surface area contributed by atoms with E-state index in [1.165, 1.54) is 18.2 Å². The molecule has 19 heavy (non-hydrogen) atoms. The largest absolute Gasteiger partial charge is 0.504 e. The van der Waals surface area contributed by atoms with Crippen molar-refractivity contribution in [2.75, 3.05) is 11.0 Å². The second kappa shape index (κ2) is 5.19. The first-order valence-electron chi connectivity index (χ1n) is 5.48. The molecule has 0 aromatic heterocycles. The summed E-state index contributed by atoms with van der Waals surface area (Å²) in [4.78, 5) is 0. The molecule has 2 aromatic rings. The summed E-state index contributed by atoms with van der Waals surface area (Å²) >= 11 is 0. The molecule has 0 atom stereocenters. The van der Waals surface area contributed by atoms with Crippen LogP contribution in [0.15, 0.2) is 48.5 Å². The monoisotopic (exact) mass is 279 g/mol. The first-order valence-corrected chi connectivity index (χ1v) is 7.37. The Morgan fingerprint density at radius 3 is 2.42 bits per heavy atom. The van der Waals surface area contributed by atoms with Crippen molar-refractivity contribution < 1.29 is 18.3 Å². The Morgan fingerprint density at radius 1 is 1.11 bits per heavy atom. The van der Waals surface area contributed by atoms with Gasteiger partial charge < -0.3 is 9.84 Å². The third-order valence-corrected chi connectivity index (χ3v) is 2.84. The fourth-order valence-electron chi connectivity index (χ4n) is 1.49. The van der Waals surface area contributed by atoms with E-state index >= 15 is 0 Å². The average molecular weight is 279 g/mol. The summed E-state index contributed by atoms with van der Waals surface area (Å²) in [5.41, 5.74) is 0.325. The third kappa shape index (κ3) is 3.89. The van der Waals surface area contributed by atoms with Gasteiger partial charge in [-0.25, -0.2) is 8.42 Å². The van der Waals surface area contributed by atoms with Crippen LogP contribution in [0.3, 0.4) is 0 Å². The molecular formula is C13H13NO4S. The lowest BCUT2D eigenvalue weighted by atomic mass is 10.3. The van der Waals surface area contributed by atoms with Crippen molar-refractivity contribution in [3.05, 3.63) is 48.5 Å². The normalized spacial score (nSPS) is 11.0. The van der Waals surface area contributed by atoms with Crippen LogP contribution in [0.25, 0.3) is 0 Å². The zero-order chi connectivity index (χ0) is 13.9. The van der Waals surface area contributed by atoms with Crippen LogP contribution in [-0.2, 0) is 10.0 Å². The van der Waals surface area contributed by atoms with Crippen molar-refractivity contribution in [2.24, 2.45) is 0 Å². The maximum atomic E-state index is 11.1. The van der Waals surface area contributed by atoms with E-state index in [-0.39, 0.29) is 11.5 Å². The second-order valence-corrected chi connectivity index (χ2v) is 5.72. The molecule has 0 aliphatic rings. The molecule has 0 unspecified atom stereocenters. The van der Waals surface area contributed by atoms with E-state index < -0.39 is 10.0 Å². The maximum Gasteiger partial charge on any atom is 0.229 e. The van der Waals surface area contributed by atoms with Gasteiger partial charge in [0.25, 0.3) is 0 Å². The lowest BCUT2D eigenvalue weighted by Gasteiger charge is -2.10. The summed E-state index contributed by atoms with van der Waals surface area (Å²) < 4.78 is 30.1. The van der Waals surface area contributed by atoms with Crippen LogP contribution in [0.5, 0.6) is 17.2 Å². The number of hydrogen-bond donors (Lipinski definition) is 2. The number of sulfonamides is 1. The van der Waals surface area contributed by atoms with E-state index in [9.17, 15) is 13.5 Å². The van der Waals surface area contributed by atoms with Crippen LogP contribution in [0.1, 0.15) is 0 Å². The first-order chi connectivity index (χ1) is 8.94. The van der Waals surface area contributed by atoms with Crippen LogP contribution in [0.2, 0.25) is 0 Å². The minimum Gasteiger partial charge on any atom is -0.504 e. The van der Waals surface area contributed by atoms with E-state index in [2.05, 4.69) is 4.72 Å². The molecule has 0 spiro atoms. The van der Waals surface area contributed by atoms with E-state index in [4.69, 9.17) is 4.74 Å². The van der Waals surface area contributed by atoms with Gasteiger partial charge in [0.15, 0.2) is 11.5 Å². The molecule has 0 aliphatic heterocycles. The SMILES string of the molecule is CS(=O)(=O)Nc1ccc(O)c(Oc2ccccc2)c1. The molecule has 0 radical (unpaired) electrons. The highest BCUT2D eigenvalue weighted by molar-refractivity contribution is 7.92. The highest BCUT2D eigenvalue weighted by Gasteiger charge is 2.08. The Labute approximate surface area is 111 Å². The number of ether oxygens (including phenoxy) is 1. The molecule has 0 heterocycles. The average Bonchev–Trinajstić information content (AvgIpc) is 2.33. The Bertz CT molecular complexity index is 668. The van der Waals surface area contributed by atoms with Crippen molar-refractivity contribution in [1.29, 1.82) is 0 Å². The van der Waals surface area contributed by atoms with Crippen molar-refractivity contribution in [3.63, 3.8) is 0 Å². The second-order valence-electron chi connectivity index (χ2n) is 3.97. The molecule has 0 saturated carbocycles. The van der Waals surface area contributed by atoms with Gasteiger partial charge in [-0.15, -0.1) is 0 Å². The molecular weight excluding hydrogens is 266 g/mol. The minimum absolute atomic E-state index is 0.0668. The van der Waals surface area contributed by atoms with Gasteiger partial charge in [0.2, 0.25) is 10.0 Å². The standard InChI is InChI=1S/C13H13NO4S/c1-19(16,17)14-10-7-8-12(15)13(9-10)18-11-5-3-2-4-6-11/h2-9,14-15H,1H3. The number of phenolic OH excluding ortho intramolecular Hbond substituents is 1. The van der Waals surface area contributed by atoms with Gasteiger partial charge >= 0.3 is 0 Å². The summed E-state index contributed by atoms with van der Waals surface area (Å²) in [6.45, 7) is 0. The van der Waals surface area contributed by atoms with Gasteiger partial charge in [-0.05, 0) is 24.3 Å². The zero-order valence-electron chi connectivity index (χ0n) is 10.2. The van der Waals surface area contributed by atoms with Gasteiger partial charge in [0.1, 0.15) is 5.75 Å². The van der Waals surface area contributed by atoms with Crippen molar-refractivity contribution in [1.82, 2.24) is 0 Å². The van der Waals surface area contributed by atoms with Crippen LogP contribution in [0.4, 0.5) is 5.69 Å². The number of aromatic hydroxyl groups is 1. The highest BCUT2D eigenvalue weighted by Crippen LogP contribution is 2.33. The molecule has 0 amide bonds. The first kappa shape index (κ1) is 13.2. The number of benzene rings is 2. The van der Waals surface area contributed by atoms with Gasteiger partial charge in [-0.3, -0.25) is 4.72 Å². The number of para-hydroxylation sites is 1. The quantitative estimate of drug-likeness (QED) is 0.843. The van der Waals surface area contributed by atoms with Crippen molar-refractivity contribution in [2.45, 2.75) is 0 Å².